The Balaban J connectivity index is 2.51. The van der Waals surface area contributed by atoms with Crippen molar-refractivity contribution in [3.63, 3.8) is 0 Å². The van der Waals surface area contributed by atoms with Crippen molar-refractivity contribution in [1.82, 2.24) is 9.55 Å². The minimum Gasteiger partial charge on any atom is -0.269 e. The number of rotatable bonds is 1. The van der Waals surface area contributed by atoms with E-state index in [-0.39, 0.29) is 5.56 Å². The molecule has 1 aliphatic heterocycles. The molecule has 1 aliphatic rings. The summed E-state index contributed by atoms with van der Waals surface area (Å²) >= 11 is 1.65. The van der Waals surface area contributed by atoms with Gasteiger partial charge >= 0.3 is 0 Å². The monoisotopic (exact) mass is 208 g/mol. The van der Waals surface area contributed by atoms with Crippen molar-refractivity contribution >= 4 is 18.0 Å². The molecule has 1 atom stereocenters. The number of thioether (sulfide) groups is 1. The summed E-state index contributed by atoms with van der Waals surface area (Å²) in [5.41, 5.74) is 0.796. The first-order valence-corrected chi connectivity index (χ1v) is 5.54. The molecular weight excluding hydrogens is 196 g/mol. The van der Waals surface area contributed by atoms with Crippen LogP contribution < -0.4 is 5.56 Å². The van der Waals surface area contributed by atoms with Crippen molar-refractivity contribution in [1.29, 1.82) is 0 Å². The molecule has 3 nitrogen and oxygen atoms in total. The zero-order valence-electron chi connectivity index (χ0n) is 8.23. The van der Waals surface area contributed by atoms with Gasteiger partial charge in [-0.15, -0.1) is 0 Å². The van der Waals surface area contributed by atoms with E-state index in [1.807, 2.05) is 13.1 Å². The first-order valence-electron chi connectivity index (χ1n) is 4.66. The van der Waals surface area contributed by atoms with Crippen LogP contribution in [0.25, 0.3) is 6.20 Å². The Morgan fingerprint density at radius 2 is 2.43 bits per heavy atom. The first-order chi connectivity index (χ1) is 6.70. The molecule has 0 spiro atoms. The Morgan fingerprint density at radius 3 is 3.14 bits per heavy atom. The van der Waals surface area contributed by atoms with E-state index >= 15 is 0 Å². The van der Waals surface area contributed by atoms with Gasteiger partial charge in [0.25, 0.3) is 5.56 Å². The van der Waals surface area contributed by atoms with Gasteiger partial charge in [-0.25, -0.2) is 4.98 Å². The van der Waals surface area contributed by atoms with Gasteiger partial charge in [0.05, 0.1) is 0 Å². The summed E-state index contributed by atoms with van der Waals surface area (Å²) < 4.78 is 1.60. The Labute approximate surface area is 86.9 Å². The molecule has 1 aromatic rings. The van der Waals surface area contributed by atoms with Crippen LogP contribution in [0.15, 0.2) is 22.1 Å². The summed E-state index contributed by atoms with van der Waals surface area (Å²) in [5, 5.41) is 1.26. The van der Waals surface area contributed by atoms with Crippen LogP contribution >= 0.6 is 11.8 Å². The third kappa shape index (κ3) is 1.62. The highest BCUT2D eigenvalue weighted by molar-refractivity contribution is 8.00. The second kappa shape index (κ2) is 3.61. The van der Waals surface area contributed by atoms with E-state index in [1.165, 1.54) is 0 Å². The molecule has 0 amide bonds. The fraction of sp³-hybridized carbons (Fsp3) is 0.400. The van der Waals surface area contributed by atoms with Crippen LogP contribution in [0.3, 0.4) is 0 Å². The highest BCUT2D eigenvalue weighted by atomic mass is 32.2. The minimum atomic E-state index is 0.00537. The van der Waals surface area contributed by atoms with Gasteiger partial charge in [-0.2, -0.15) is 0 Å². The second-order valence-electron chi connectivity index (χ2n) is 3.29. The predicted molar refractivity (Wildman–Crippen MR) is 58.5 cm³/mol. The van der Waals surface area contributed by atoms with E-state index in [4.69, 9.17) is 0 Å². The molecule has 4 heteroatoms. The van der Waals surface area contributed by atoms with Crippen LogP contribution in [0.4, 0.5) is 0 Å². The highest BCUT2D eigenvalue weighted by Crippen LogP contribution is 2.27. The average Bonchev–Trinajstić information content (AvgIpc) is 2.16. The van der Waals surface area contributed by atoms with Gasteiger partial charge in [-0.05, 0) is 13.3 Å². The van der Waals surface area contributed by atoms with E-state index in [1.54, 1.807) is 22.4 Å². The number of hydrogen-bond donors (Lipinski definition) is 0. The second-order valence-corrected chi connectivity index (χ2v) is 4.50. The quantitative estimate of drug-likeness (QED) is 0.661. The number of nitrogens with zero attached hydrogens (tertiary/aromatic N) is 2. The number of aromatic nitrogens is 2. The predicted octanol–water partition coefficient (Wildman–Crippen LogP) is 1.91. The van der Waals surface area contributed by atoms with E-state index in [0.29, 0.717) is 5.25 Å². The summed E-state index contributed by atoms with van der Waals surface area (Å²) in [4.78, 5) is 15.9. The van der Waals surface area contributed by atoms with Crippen LogP contribution in [0, 0.1) is 6.92 Å². The first kappa shape index (κ1) is 9.52. The third-order valence-electron chi connectivity index (χ3n) is 2.16. The molecule has 74 valence electrons. The maximum Gasteiger partial charge on any atom is 0.258 e. The summed E-state index contributed by atoms with van der Waals surface area (Å²) in [5.74, 6) is 0. The topological polar surface area (TPSA) is 34.9 Å². The van der Waals surface area contributed by atoms with E-state index in [2.05, 4.69) is 18.0 Å². The standard InChI is InChI=1S/C10H12N2OS/c1-3-8-4-5-12-9(13)6-7(2)11-10(12)14-8/h4-6,8H,3H2,1-2H3. The van der Waals surface area contributed by atoms with Crippen LogP contribution in [-0.2, 0) is 0 Å². The Hall–Kier alpha value is -1.03. The van der Waals surface area contributed by atoms with Crippen molar-refractivity contribution < 1.29 is 0 Å². The molecule has 0 bridgehead atoms. The molecule has 0 fully saturated rings. The smallest absolute Gasteiger partial charge is 0.258 e. The average molecular weight is 208 g/mol. The van der Waals surface area contributed by atoms with Gasteiger partial charge in [-0.3, -0.25) is 9.36 Å². The van der Waals surface area contributed by atoms with Crippen molar-refractivity contribution in [2.24, 2.45) is 0 Å². The lowest BCUT2D eigenvalue weighted by Crippen LogP contribution is -2.22. The molecule has 1 unspecified atom stereocenters. The van der Waals surface area contributed by atoms with Gasteiger partial charge in [0.2, 0.25) is 0 Å². The molecule has 1 aromatic heterocycles. The number of fused-ring (bicyclic) bond motifs is 1. The zero-order valence-corrected chi connectivity index (χ0v) is 9.04. The molecule has 0 saturated heterocycles. The van der Waals surface area contributed by atoms with Gasteiger partial charge in [0.1, 0.15) is 0 Å². The summed E-state index contributed by atoms with van der Waals surface area (Å²) in [6, 6.07) is 1.56. The zero-order chi connectivity index (χ0) is 10.1. The largest absolute Gasteiger partial charge is 0.269 e. The maximum absolute atomic E-state index is 11.5. The van der Waals surface area contributed by atoms with Gasteiger partial charge in [-0.1, -0.05) is 24.8 Å². The number of hydrogen-bond acceptors (Lipinski definition) is 3. The summed E-state index contributed by atoms with van der Waals surface area (Å²) in [6.07, 6.45) is 4.94. The number of aryl methyl sites for hydroxylation is 1. The minimum absolute atomic E-state index is 0.00537. The normalized spacial score (nSPS) is 19.4. The molecule has 14 heavy (non-hydrogen) atoms. The molecule has 0 N–H and O–H groups in total. The third-order valence-corrected chi connectivity index (χ3v) is 3.45. The molecule has 0 radical (unpaired) electrons. The lowest BCUT2D eigenvalue weighted by molar-refractivity contribution is 0.793. The molecule has 2 heterocycles. The molecular formula is C10H12N2OS. The Bertz CT molecular complexity index is 436. The van der Waals surface area contributed by atoms with Gasteiger partial charge < -0.3 is 0 Å². The van der Waals surface area contributed by atoms with E-state index in [9.17, 15) is 4.79 Å². The van der Waals surface area contributed by atoms with E-state index in [0.717, 1.165) is 17.3 Å². The molecule has 2 rings (SSSR count). The van der Waals surface area contributed by atoms with Gasteiger partial charge in [0, 0.05) is 23.2 Å². The van der Waals surface area contributed by atoms with Crippen molar-refractivity contribution in [2.45, 2.75) is 30.7 Å². The SMILES string of the molecule is CCC1C=Cn2c(nc(C)cc2=O)S1. The van der Waals surface area contributed by atoms with Crippen LogP contribution in [0.2, 0.25) is 0 Å². The van der Waals surface area contributed by atoms with Crippen LogP contribution in [0.5, 0.6) is 0 Å². The fourth-order valence-corrected chi connectivity index (χ4v) is 2.42. The molecule has 0 aromatic carbocycles. The Morgan fingerprint density at radius 1 is 1.64 bits per heavy atom. The van der Waals surface area contributed by atoms with Crippen molar-refractivity contribution in [3.05, 3.63) is 28.2 Å². The Kier molecular flexibility index (Phi) is 2.46. The highest BCUT2D eigenvalue weighted by Gasteiger charge is 2.15. The molecule has 0 saturated carbocycles. The van der Waals surface area contributed by atoms with Crippen LogP contribution in [0.1, 0.15) is 19.0 Å². The van der Waals surface area contributed by atoms with Crippen LogP contribution in [-0.4, -0.2) is 14.8 Å². The van der Waals surface area contributed by atoms with Crippen molar-refractivity contribution in [3.8, 4) is 0 Å². The van der Waals surface area contributed by atoms with Crippen molar-refractivity contribution in [2.75, 3.05) is 0 Å². The lowest BCUT2D eigenvalue weighted by Gasteiger charge is -2.17. The molecule has 0 aliphatic carbocycles. The summed E-state index contributed by atoms with van der Waals surface area (Å²) in [6.45, 7) is 3.98. The fourth-order valence-electron chi connectivity index (χ4n) is 1.38. The van der Waals surface area contributed by atoms with E-state index < -0.39 is 0 Å². The maximum atomic E-state index is 11.5. The van der Waals surface area contributed by atoms with Gasteiger partial charge in [0.15, 0.2) is 5.16 Å². The lowest BCUT2D eigenvalue weighted by atomic mass is 10.3. The summed E-state index contributed by atoms with van der Waals surface area (Å²) in [7, 11) is 0.